The van der Waals surface area contributed by atoms with Crippen molar-refractivity contribution in [2.24, 2.45) is 5.73 Å². The number of esters is 1. The fraction of sp³-hybridized carbons (Fsp3) is 0.385. The summed E-state index contributed by atoms with van der Waals surface area (Å²) in [5.41, 5.74) is 5.79. The van der Waals surface area contributed by atoms with Crippen LogP contribution in [0.5, 0.6) is 0 Å². The van der Waals surface area contributed by atoms with E-state index in [1.54, 1.807) is 0 Å². The first-order chi connectivity index (χ1) is 8.78. The van der Waals surface area contributed by atoms with Crippen molar-refractivity contribution in [3.8, 4) is 0 Å². The zero-order chi connectivity index (χ0) is 14.6. The molecule has 6 heteroatoms. The van der Waals surface area contributed by atoms with Gasteiger partial charge in [-0.3, -0.25) is 9.59 Å². The second-order valence-electron chi connectivity index (χ2n) is 4.16. The van der Waals surface area contributed by atoms with E-state index in [9.17, 15) is 18.4 Å². The van der Waals surface area contributed by atoms with Gasteiger partial charge in [0, 0.05) is 12.5 Å². The largest absolute Gasteiger partial charge is 0.468 e. The van der Waals surface area contributed by atoms with Gasteiger partial charge in [0.1, 0.15) is 6.04 Å². The first-order valence-electron chi connectivity index (χ1n) is 5.60. The first-order valence-corrected chi connectivity index (χ1v) is 5.60. The number of alkyl halides is 2. The number of carbonyl (C=O) groups excluding carboxylic acids is 2. The van der Waals surface area contributed by atoms with Gasteiger partial charge in [0.25, 0.3) is 0 Å². The Kier molecular flexibility index (Phi) is 4.72. The van der Waals surface area contributed by atoms with Crippen molar-refractivity contribution in [3.05, 3.63) is 35.4 Å². The maximum absolute atomic E-state index is 13.4. The molecule has 104 valence electrons. The van der Waals surface area contributed by atoms with Crippen molar-refractivity contribution < 1.29 is 23.1 Å². The number of ether oxygens (including phenoxy) is 1. The van der Waals surface area contributed by atoms with Gasteiger partial charge in [0.15, 0.2) is 0 Å². The van der Waals surface area contributed by atoms with Crippen LogP contribution in [0.4, 0.5) is 8.78 Å². The highest BCUT2D eigenvalue weighted by atomic mass is 19.3. The zero-order valence-corrected chi connectivity index (χ0v) is 10.7. The molecule has 19 heavy (non-hydrogen) atoms. The number of hydrogen-bond donors (Lipinski definition) is 1. The zero-order valence-electron chi connectivity index (χ0n) is 10.7. The van der Waals surface area contributed by atoms with Crippen LogP contribution in [0.1, 0.15) is 18.1 Å². The van der Waals surface area contributed by atoms with E-state index in [0.29, 0.717) is 5.56 Å². The summed E-state index contributed by atoms with van der Waals surface area (Å²) in [7, 11) is 1.22. The van der Waals surface area contributed by atoms with Crippen LogP contribution in [0.25, 0.3) is 0 Å². The molecule has 0 radical (unpaired) electrons. The summed E-state index contributed by atoms with van der Waals surface area (Å²) in [5.74, 6) is -5.28. The third-order valence-electron chi connectivity index (χ3n) is 2.72. The van der Waals surface area contributed by atoms with Crippen molar-refractivity contribution in [2.45, 2.75) is 25.3 Å². The maximum atomic E-state index is 13.4. The molecule has 0 saturated heterocycles. The van der Waals surface area contributed by atoms with Crippen molar-refractivity contribution in [1.82, 2.24) is 0 Å². The normalized spacial score (nSPS) is 12.9. The van der Waals surface area contributed by atoms with Gasteiger partial charge in [-0.05, 0) is 12.0 Å². The molecular weight excluding hydrogens is 256 g/mol. The predicted octanol–water partition coefficient (Wildman–Crippen LogP) is 1.41. The lowest BCUT2D eigenvalue weighted by atomic mass is 10.0. The molecule has 0 aliphatic heterocycles. The van der Waals surface area contributed by atoms with Crippen molar-refractivity contribution in [2.75, 3.05) is 7.11 Å². The molecule has 1 aromatic carbocycles. The SMILES string of the molecule is COC(=O)[C@@H](N)Cc1ccc(C(F)(F)C(C)=O)cc1. The standard InChI is InChI=1S/C13H15F2NO3/c1-8(17)13(14,15)10-5-3-9(4-6-10)7-11(16)12(18)19-2/h3-6,11H,7,16H2,1-2H3/t11-/m0/s1. The smallest absolute Gasteiger partial charge is 0.330 e. The number of methoxy groups -OCH3 is 1. The highest BCUT2D eigenvalue weighted by molar-refractivity contribution is 5.84. The number of ketones is 1. The Balaban J connectivity index is 2.83. The van der Waals surface area contributed by atoms with Crippen molar-refractivity contribution >= 4 is 11.8 Å². The van der Waals surface area contributed by atoms with Crippen LogP contribution in [0.2, 0.25) is 0 Å². The van der Waals surface area contributed by atoms with Gasteiger partial charge in [-0.15, -0.1) is 0 Å². The van der Waals surface area contributed by atoms with Crippen LogP contribution < -0.4 is 5.73 Å². The summed E-state index contributed by atoms with van der Waals surface area (Å²) in [6, 6.07) is 4.29. The average Bonchev–Trinajstić information content (AvgIpc) is 2.38. The minimum Gasteiger partial charge on any atom is -0.468 e. The second-order valence-corrected chi connectivity index (χ2v) is 4.16. The van der Waals surface area contributed by atoms with Gasteiger partial charge in [-0.1, -0.05) is 24.3 Å². The quantitative estimate of drug-likeness (QED) is 0.822. The summed E-state index contributed by atoms with van der Waals surface area (Å²) in [6.45, 7) is 0.834. The predicted molar refractivity (Wildman–Crippen MR) is 64.7 cm³/mol. The number of rotatable bonds is 5. The number of nitrogens with two attached hydrogens (primary N) is 1. The Hall–Kier alpha value is -1.82. The average molecular weight is 271 g/mol. The molecule has 0 aliphatic carbocycles. The van der Waals surface area contributed by atoms with Crippen LogP contribution in [-0.2, 0) is 26.7 Å². The Labute approximate surface area is 109 Å². The van der Waals surface area contributed by atoms with E-state index < -0.39 is 23.7 Å². The van der Waals surface area contributed by atoms with Gasteiger partial charge < -0.3 is 10.5 Å². The Morgan fingerprint density at radius 1 is 1.32 bits per heavy atom. The molecule has 0 spiro atoms. The number of halogens is 2. The van der Waals surface area contributed by atoms with E-state index in [4.69, 9.17) is 5.73 Å². The summed E-state index contributed by atoms with van der Waals surface area (Å²) < 4.78 is 31.3. The molecule has 1 atom stereocenters. The lowest BCUT2D eigenvalue weighted by Gasteiger charge is -2.14. The molecule has 0 fully saturated rings. The fourth-order valence-electron chi connectivity index (χ4n) is 1.54. The Morgan fingerprint density at radius 2 is 1.84 bits per heavy atom. The van der Waals surface area contributed by atoms with Crippen LogP contribution in [0.15, 0.2) is 24.3 Å². The summed E-state index contributed by atoms with van der Waals surface area (Å²) in [5, 5.41) is 0. The minimum atomic E-state index is -3.50. The van der Waals surface area contributed by atoms with Crippen LogP contribution in [0.3, 0.4) is 0 Å². The highest BCUT2D eigenvalue weighted by Crippen LogP contribution is 2.29. The first kappa shape index (κ1) is 15.2. The third-order valence-corrected chi connectivity index (χ3v) is 2.72. The monoisotopic (exact) mass is 271 g/mol. The topological polar surface area (TPSA) is 69.4 Å². The fourth-order valence-corrected chi connectivity index (χ4v) is 1.54. The van der Waals surface area contributed by atoms with Gasteiger partial charge in [0.2, 0.25) is 5.78 Å². The lowest BCUT2D eigenvalue weighted by Crippen LogP contribution is -2.33. The molecule has 0 unspecified atom stereocenters. The molecule has 0 heterocycles. The number of benzene rings is 1. The summed E-state index contributed by atoms with van der Waals surface area (Å²) >= 11 is 0. The Morgan fingerprint density at radius 3 is 2.26 bits per heavy atom. The molecular formula is C13H15F2NO3. The molecule has 0 bridgehead atoms. The van der Waals surface area contributed by atoms with Crippen molar-refractivity contribution in [3.63, 3.8) is 0 Å². The molecule has 0 amide bonds. The van der Waals surface area contributed by atoms with E-state index in [1.165, 1.54) is 19.2 Å². The molecule has 2 N–H and O–H groups in total. The Bertz CT molecular complexity index is 471. The molecule has 0 aromatic heterocycles. The molecule has 1 aromatic rings. The number of carbonyl (C=O) groups is 2. The minimum absolute atomic E-state index is 0.179. The summed E-state index contributed by atoms with van der Waals surface area (Å²) in [6.07, 6.45) is 0.179. The second kappa shape index (κ2) is 5.88. The van der Waals surface area contributed by atoms with E-state index in [2.05, 4.69) is 4.74 Å². The lowest BCUT2D eigenvalue weighted by molar-refractivity contribution is -0.142. The van der Waals surface area contributed by atoms with E-state index in [-0.39, 0.29) is 12.0 Å². The van der Waals surface area contributed by atoms with Gasteiger partial charge in [0.05, 0.1) is 7.11 Å². The molecule has 0 saturated carbocycles. The molecule has 0 aliphatic rings. The molecule has 4 nitrogen and oxygen atoms in total. The highest BCUT2D eigenvalue weighted by Gasteiger charge is 2.37. The van der Waals surface area contributed by atoms with E-state index in [0.717, 1.165) is 19.1 Å². The van der Waals surface area contributed by atoms with E-state index >= 15 is 0 Å². The van der Waals surface area contributed by atoms with Crippen molar-refractivity contribution in [1.29, 1.82) is 0 Å². The van der Waals surface area contributed by atoms with Crippen LogP contribution in [-0.4, -0.2) is 24.9 Å². The van der Waals surface area contributed by atoms with Gasteiger partial charge >= 0.3 is 11.9 Å². The molecule has 1 rings (SSSR count). The number of Topliss-reactive ketones (excluding diaryl/α,β-unsaturated/α-hetero) is 1. The van der Waals surface area contributed by atoms with E-state index in [1.807, 2.05) is 0 Å². The third kappa shape index (κ3) is 3.57. The van der Waals surface area contributed by atoms with Gasteiger partial charge in [-0.25, -0.2) is 0 Å². The number of hydrogen-bond acceptors (Lipinski definition) is 4. The maximum Gasteiger partial charge on any atom is 0.330 e. The van der Waals surface area contributed by atoms with Crippen LogP contribution >= 0.6 is 0 Å². The van der Waals surface area contributed by atoms with Crippen LogP contribution in [0, 0.1) is 0 Å². The van der Waals surface area contributed by atoms with Gasteiger partial charge in [-0.2, -0.15) is 8.78 Å². The summed E-state index contributed by atoms with van der Waals surface area (Å²) in [4.78, 5) is 21.9.